The van der Waals surface area contributed by atoms with Crippen LogP contribution < -0.4 is 5.73 Å². The lowest BCUT2D eigenvalue weighted by Gasteiger charge is -2.37. The molecule has 1 aromatic rings. The number of aryl methyl sites for hydroxylation is 2. The molecule has 1 saturated heterocycles. The average Bonchev–Trinajstić information content (AvgIpc) is 2.80. The zero-order valence-electron chi connectivity index (χ0n) is 12.1. The van der Waals surface area contributed by atoms with Crippen molar-refractivity contribution in [2.45, 2.75) is 39.2 Å². The molecule has 0 aliphatic carbocycles. The van der Waals surface area contributed by atoms with Crippen LogP contribution in [0.3, 0.4) is 0 Å². The van der Waals surface area contributed by atoms with Gasteiger partial charge in [0.15, 0.2) is 0 Å². The van der Waals surface area contributed by atoms with Gasteiger partial charge in [0.1, 0.15) is 5.69 Å². The highest BCUT2D eigenvalue weighted by atomic mass is 16.2. The van der Waals surface area contributed by atoms with Crippen molar-refractivity contribution < 1.29 is 4.79 Å². The smallest absolute Gasteiger partial charge is 0.272 e. The zero-order valence-corrected chi connectivity index (χ0v) is 12.1. The minimum atomic E-state index is 0.0837. The summed E-state index contributed by atoms with van der Waals surface area (Å²) in [5.41, 5.74) is 7.40. The van der Waals surface area contributed by atoms with Gasteiger partial charge in [-0.05, 0) is 44.7 Å². The van der Waals surface area contributed by atoms with Crippen LogP contribution in [0.4, 0.5) is 0 Å². The molecule has 2 N–H and O–H groups in total. The molecule has 1 aromatic heterocycles. The van der Waals surface area contributed by atoms with E-state index in [9.17, 15) is 4.79 Å². The fourth-order valence-corrected chi connectivity index (χ4v) is 2.70. The van der Waals surface area contributed by atoms with E-state index in [4.69, 9.17) is 5.73 Å². The molecule has 1 fully saturated rings. The van der Waals surface area contributed by atoms with Gasteiger partial charge in [-0.2, -0.15) is 5.10 Å². The first kappa shape index (κ1) is 14.1. The number of hydrogen-bond acceptors (Lipinski definition) is 3. The summed E-state index contributed by atoms with van der Waals surface area (Å²) in [6.07, 6.45) is 3.00. The highest BCUT2D eigenvalue weighted by molar-refractivity contribution is 5.93. The van der Waals surface area contributed by atoms with E-state index in [1.165, 1.54) is 0 Å². The largest absolute Gasteiger partial charge is 0.334 e. The Morgan fingerprint density at radius 1 is 1.53 bits per heavy atom. The number of hydrogen-bond donors (Lipinski definition) is 1. The zero-order chi connectivity index (χ0) is 14.0. The molecule has 0 aromatic carbocycles. The Balaban J connectivity index is 2.19. The van der Waals surface area contributed by atoms with Crippen molar-refractivity contribution in [3.05, 3.63) is 17.5 Å². The van der Waals surface area contributed by atoms with Crippen molar-refractivity contribution in [2.75, 3.05) is 13.1 Å². The van der Waals surface area contributed by atoms with Crippen LogP contribution in [-0.2, 0) is 13.5 Å². The minimum absolute atomic E-state index is 0.0837. The highest BCUT2D eigenvalue weighted by Crippen LogP contribution is 2.23. The summed E-state index contributed by atoms with van der Waals surface area (Å²) in [4.78, 5) is 14.6. The van der Waals surface area contributed by atoms with Crippen LogP contribution in [0.5, 0.6) is 0 Å². The SMILES string of the molecule is CCc1cc(C(=O)N2CC(CN)CCC2C)n(C)n1. The van der Waals surface area contributed by atoms with E-state index in [0.717, 1.165) is 31.5 Å². The predicted molar refractivity (Wildman–Crippen MR) is 74.9 cm³/mol. The van der Waals surface area contributed by atoms with Crippen molar-refractivity contribution in [3.63, 3.8) is 0 Å². The molecule has 5 heteroatoms. The van der Waals surface area contributed by atoms with Gasteiger partial charge in [0.25, 0.3) is 5.91 Å². The summed E-state index contributed by atoms with van der Waals surface area (Å²) in [6.45, 7) is 5.58. The van der Waals surface area contributed by atoms with Crippen LogP contribution in [0.15, 0.2) is 6.07 Å². The molecule has 19 heavy (non-hydrogen) atoms. The van der Waals surface area contributed by atoms with Crippen LogP contribution in [0, 0.1) is 5.92 Å². The molecular weight excluding hydrogens is 240 g/mol. The molecule has 1 amide bonds. The van der Waals surface area contributed by atoms with Crippen LogP contribution >= 0.6 is 0 Å². The van der Waals surface area contributed by atoms with Crippen molar-refractivity contribution >= 4 is 5.91 Å². The van der Waals surface area contributed by atoms with E-state index in [1.807, 2.05) is 24.9 Å². The Morgan fingerprint density at radius 3 is 2.84 bits per heavy atom. The number of carbonyl (C=O) groups is 1. The standard InChI is InChI=1S/C14H24N4O/c1-4-12-7-13(17(3)16-12)14(19)18-9-11(8-15)6-5-10(18)2/h7,10-11H,4-6,8-9,15H2,1-3H3. The van der Waals surface area contributed by atoms with Gasteiger partial charge < -0.3 is 10.6 Å². The van der Waals surface area contributed by atoms with Gasteiger partial charge in [-0.15, -0.1) is 0 Å². The Hall–Kier alpha value is -1.36. The number of amides is 1. The van der Waals surface area contributed by atoms with Crippen LogP contribution in [-0.4, -0.2) is 39.7 Å². The Morgan fingerprint density at radius 2 is 2.26 bits per heavy atom. The molecule has 2 heterocycles. The number of nitrogens with zero attached hydrogens (tertiary/aromatic N) is 3. The fourth-order valence-electron chi connectivity index (χ4n) is 2.70. The van der Waals surface area contributed by atoms with Gasteiger partial charge in [-0.3, -0.25) is 9.48 Å². The van der Waals surface area contributed by atoms with Crippen LogP contribution in [0.1, 0.15) is 42.9 Å². The van der Waals surface area contributed by atoms with Gasteiger partial charge in [-0.25, -0.2) is 0 Å². The first-order chi connectivity index (χ1) is 9.06. The number of carbonyl (C=O) groups excluding carboxylic acids is 1. The first-order valence-corrected chi connectivity index (χ1v) is 7.10. The van der Waals surface area contributed by atoms with E-state index in [2.05, 4.69) is 12.0 Å². The number of likely N-dealkylation sites (tertiary alicyclic amines) is 1. The van der Waals surface area contributed by atoms with Gasteiger partial charge in [0, 0.05) is 19.6 Å². The third-order valence-corrected chi connectivity index (χ3v) is 4.09. The summed E-state index contributed by atoms with van der Waals surface area (Å²) < 4.78 is 1.69. The molecule has 2 atom stereocenters. The summed E-state index contributed by atoms with van der Waals surface area (Å²) >= 11 is 0. The average molecular weight is 264 g/mol. The molecule has 0 bridgehead atoms. The summed E-state index contributed by atoms with van der Waals surface area (Å²) in [5.74, 6) is 0.513. The van der Waals surface area contributed by atoms with Gasteiger partial charge in [-0.1, -0.05) is 6.92 Å². The molecule has 0 radical (unpaired) electrons. The number of nitrogens with two attached hydrogens (primary N) is 1. The van der Waals surface area contributed by atoms with Gasteiger partial charge >= 0.3 is 0 Å². The minimum Gasteiger partial charge on any atom is -0.334 e. The van der Waals surface area contributed by atoms with Gasteiger partial charge in [0.05, 0.1) is 5.69 Å². The van der Waals surface area contributed by atoms with E-state index >= 15 is 0 Å². The molecule has 106 valence electrons. The molecule has 0 spiro atoms. The van der Waals surface area contributed by atoms with E-state index in [-0.39, 0.29) is 11.9 Å². The predicted octanol–water partition coefficient (Wildman–Crippen LogP) is 1.18. The maximum atomic E-state index is 12.6. The fraction of sp³-hybridized carbons (Fsp3) is 0.714. The van der Waals surface area contributed by atoms with Crippen LogP contribution in [0.25, 0.3) is 0 Å². The van der Waals surface area contributed by atoms with Crippen molar-refractivity contribution in [3.8, 4) is 0 Å². The topological polar surface area (TPSA) is 64.2 Å². The summed E-state index contributed by atoms with van der Waals surface area (Å²) in [5, 5.41) is 4.35. The molecule has 1 aliphatic heterocycles. The van der Waals surface area contributed by atoms with E-state index in [1.54, 1.807) is 4.68 Å². The monoisotopic (exact) mass is 264 g/mol. The normalized spacial score (nSPS) is 23.7. The lowest BCUT2D eigenvalue weighted by Crippen LogP contribution is -2.47. The summed E-state index contributed by atoms with van der Waals surface area (Å²) in [6, 6.07) is 2.19. The Bertz CT molecular complexity index is 454. The number of rotatable bonds is 3. The second-order valence-corrected chi connectivity index (χ2v) is 5.48. The van der Waals surface area contributed by atoms with Crippen molar-refractivity contribution in [1.82, 2.24) is 14.7 Å². The number of aromatic nitrogens is 2. The van der Waals surface area contributed by atoms with E-state index < -0.39 is 0 Å². The Kier molecular flexibility index (Phi) is 4.24. The third kappa shape index (κ3) is 2.81. The molecular formula is C14H24N4O. The lowest BCUT2D eigenvalue weighted by atomic mass is 9.93. The molecule has 5 nitrogen and oxygen atoms in total. The third-order valence-electron chi connectivity index (χ3n) is 4.09. The molecule has 1 aliphatic rings. The second-order valence-electron chi connectivity index (χ2n) is 5.48. The van der Waals surface area contributed by atoms with Crippen molar-refractivity contribution in [1.29, 1.82) is 0 Å². The quantitative estimate of drug-likeness (QED) is 0.891. The Labute approximate surface area is 114 Å². The summed E-state index contributed by atoms with van der Waals surface area (Å²) in [7, 11) is 1.83. The highest BCUT2D eigenvalue weighted by Gasteiger charge is 2.30. The maximum absolute atomic E-state index is 12.6. The first-order valence-electron chi connectivity index (χ1n) is 7.10. The van der Waals surface area contributed by atoms with Crippen molar-refractivity contribution in [2.24, 2.45) is 18.7 Å². The van der Waals surface area contributed by atoms with Crippen LogP contribution in [0.2, 0.25) is 0 Å². The van der Waals surface area contributed by atoms with E-state index in [0.29, 0.717) is 18.2 Å². The lowest BCUT2D eigenvalue weighted by molar-refractivity contribution is 0.0555. The molecule has 2 unspecified atom stereocenters. The second kappa shape index (κ2) is 5.74. The van der Waals surface area contributed by atoms with Gasteiger partial charge in [0.2, 0.25) is 0 Å². The molecule has 2 rings (SSSR count). The molecule has 0 saturated carbocycles. The maximum Gasteiger partial charge on any atom is 0.272 e. The number of piperidine rings is 1.